The third-order valence-corrected chi connectivity index (χ3v) is 4.40. The number of halogens is 1. The van der Waals surface area contributed by atoms with Gasteiger partial charge in [0, 0.05) is 10.0 Å². The molecule has 1 atom stereocenters. The van der Waals surface area contributed by atoms with Gasteiger partial charge in [0.15, 0.2) is 5.78 Å². The van der Waals surface area contributed by atoms with Crippen molar-refractivity contribution in [1.29, 1.82) is 0 Å². The predicted molar refractivity (Wildman–Crippen MR) is 77.9 cm³/mol. The van der Waals surface area contributed by atoms with Gasteiger partial charge in [0.05, 0.1) is 6.04 Å². The first-order valence-corrected chi connectivity index (χ1v) is 7.41. The fourth-order valence-electron chi connectivity index (χ4n) is 2.44. The zero-order chi connectivity index (χ0) is 13.1. The monoisotopic (exact) mass is 309 g/mol. The van der Waals surface area contributed by atoms with E-state index in [1.807, 2.05) is 31.2 Å². The Morgan fingerprint density at radius 3 is 2.39 bits per heavy atom. The molecule has 0 spiro atoms. The maximum Gasteiger partial charge on any atom is 0.179 e. The molecule has 0 saturated carbocycles. The number of rotatable bonds is 3. The average molecular weight is 310 g/mol. The van der Waals surface area contributed by atoms with Gasteiger partial charge in [0.1, 0.15) is 0 Å². The number of carbonyl (C=O) groups excluding carboxylic acids is 1. The van der Waals surface area contributed by atoms with Crippen molar-refractivity contribution in [2.45, 2.75) is 32.7 Å². The lowest BCUT2D eigenvalue weighted by Crippen LogP contribution is -2.43. The molecule has 0 bridgehead atoms. The normalized spacial score (nSPS) is 19.7. The Labute approximate surface area is 117 Å². The van der Waals surface area contributed by atoms with Crippen molar-refractivity contribution >= 4 is 21.7 Å². The highest BCUT2D eigenvalue weighted by Gasteiger charge is 2.25. The largest absolute Gasteiger partial charge is 0.293 e. The Bertz CT molecular complexity index is 407. The second kappa shape index (κ2) is 5.98. The van der Waals surface area contributed by atoms with Crippen molar-refractivity contribution in [2.75, 3.05) is 13.1 Å². The number of hydrogen-bond acceptors (Lipinski definition) is 2. The standard InChI is InChI=1S/C15H20BrNO/c1-11-7-9-17(10-8-11)12(2)15(18)13-3-5-14(16)6-4-13/h3-6,11-12H,7-10H2,1-2H3. The molecular weight excluding hydrogens is 290 g/mol. The lowest BCUT2D eigenvalue weighted by molar-refractivity contribution is 0.0779. The van der Waals surface area contributed by atoms with E-state index in [2.05, 4.69) is 27.8 Å². The van der Waals surface area contributed by atoms with Crippen molar-refractivity contribution in [3.8, 4) is 0 Å². The Morgan fingerprint density at radius 1 is 1.28 bits per heavy atom. The van der Waals surface area contributed by atoms with E-state index in [9.17, 15) is 4.79 Å². The van der Waals surface area contributed by atoms with E-state index in [1.165, 1.54) is 12.8 Å². The van der Waals surface area contributed by atoms with Crippen LogP contribution in [0, 0.1) is 5.92 Å². The Kier molecular flexibility index (Phi) is 4.57. The predicted octanol–water partition coefficient (Wildman–Crippen LogP) is 3.75. The molecule has 0 amide bonds. The first kappa shape index (κ1) is 13.8. The first-order chi connectivity index (χ1) is 8.58. The van der Waals surface area contributed by atoms with Crippen LogP contribution in [0.5, 0.6) is 0 Å². The number of likely N-dealkylation sites (tertiary alicyclic amines) is 1. The Balaban J connectivity index is 2.02. The van der Waals surface area contributed by atoms with Gasteiger partial charge in [-0.05, 0) is 50.9 Å². The summed E-state index contributed by atoms with van der Waals surface area (Å²) in [4.78, 5) is 14.7. The highest BCUT2D eigenvalue weighted by Crippen LogP contribution is 2.20. The molecule has 18 heavy (non-hydrogen) atoms. The van der Waals surface area contributed by atoms with Gasteiger partial charge in [0.25, 0.3) is 0 Å². The lowest BCUT2D eigenvalue weighted by Gasteiger charge is -2.34. The van der Waals surface area contributed by atoms with Crippen LogP contribution in [-0.2, 0) is 0 Å². The molecule has 1 heterocycles. The highest BCUT2D eigenvalue weighted by atomic mass is 79.9. The van der Waals surface area contributed by atoms with Crippen LogP contribution in [-0.4, -0.2) is 29.8 Å². The van der Waals surface area contributed by atoms with E-state index < -0.39 is 0 Å². The van der Waals surface area contributed by atoms with Crippen molar-refractivity contribution in [1.82, 2.24) is 4.90 Å². The Morgan fingerprint density at radius 2 is 1.83 bits per heavy atom. The van der Waals surface area contributed by atoms with E-state index in [-0.39, 0.29) is 11.8 Å². The van der Waals surface area contributed by atoms with Crippen LogP contribution in [0.15, 0.2) is 28.7 Å². The first-order valence-electron chi connectivity index (χ1n) is 6.62. The fourth-order valence-corrected chi connectivity index (χ4v) is 2.70. The summed E-state index contributed by atoms with van der Waals surface area (Å²) in [6.07, 6.45) is 2.41. The van der Waals surface area contributed by atoms with Crippen LogP contribution < -0.4 is 0 Å². The summed E-state index contributed by atoms with van der Waals surface area (Å²) in [5.41, 5.74) is 0.810. The van der Waals surface area contributed by atoms with Crippen molar-refractivity contribution in [3.63, 3.8) is 0 Å². The molecule has 1 unspecified atom stereocenters. The molecule has 1 aromatic carbocycles. The average Bonchev–Trinajstić information content (AvgIpc) is 2.39. The summed E-state index contributed by atoms with van der Waals surface area (Å²) in [6.45, 7) is 6.41. The summed E-state index contributed by atoms with van der Waals surface area (Å²) >= 11 is 3.39. The van der Waals surface area contributed by atoms with Crippen LogP contribution in [0.1, 0.15) is 37.0 Å². The van der Waals surface area contributed by atoms with E-state index in [0.717, 1.165) is 29.0 Å². The summed E-state index contributed by atoms with van der Waals surface area (Å²) in [5.74, 6) is 1.04. The number of ketones is 1. The molecule has 2 rings (SSSR count). The van der Waals surface area contributed by atoms with Gasteiger partial charge < -0.3 is 0 Å². The highest BCUT2D eigenvalue weighted by molar-refractivity contribution is 9.10. The summed E-state index contributed by atoms with van der Waals surface area (Å²) in [6, 6.07) is 7.65. The summed E-state index contributed by atoms with van der Waals surface area (Å²) in [5, 5.41) is 0. The van der Waals surface area contributed by atoms with Crippen LogP contribution >= 0.6 is 15.9 Å². The molecule has 1 saturated heterocycles. The minimum Gasteiger partial charge on any atom is -0.293 e. The van der Waals surface area contributed by atoms with E-state index in [1.54, 1.807) is 0 Å². The molecule has 1 aliphatic rings. The minimum absolute atomic E-state index is 0.00123. The Hall–Kier alpha value is -0.670. The molecule has 0 radical (unpaired) electrons. The molecule has 0 aromatic heterocycles. The van der Waals surface area contributed by atoms with Crippen LogP contribution in [0.4, 0.5) is 0 Å². The van der Waals surface area contributed by atoms with Gasteiger partial charge in [-0.3, -0.25) is 9.69 Å². The second-order valence-electron chi connectivity index (χ2n) is 5.27. The number of benzene rings is 1. The minimum atomic E-state index is -0.00123. The molecular formula is C15H20BrNO. The lowest BCUT2D eigenvalue weighted by atomic mass is 9.96. The summed E-state index contributed by atoms with van der Waals surface area (Å²) in [7, 11) is 0. The maximum absolute atomic E-state index is 12.4. The SMILES string of the molecule is CC1CCN(C(C)C(=O)c2ccc(Br)cc2)CC1. The van der Waals surface area contributed by atoms with Gasteiger partial charge in [-0.2, -0.15) is 0 Å². The van der Waals surface area contributed by atoms with E-state index in [0.29, 0.717) is 0 Å². The molecule has 1 aromatic rings. The third kappa shape index (κ3) is 3.21. The van der Waals surface area contributed by atoms with Gasteiger partial charge in [-0.25, -0.2) is 0 Å². The van der Waals surface area contributed by atoms with Gasteiger partial charge >= 0.3 is 0 Å². The zero-order valence-corrected chi connectivity index (χ0v) is 12.6. The fraction of sp³-hybridized carbons (Fsp3) is 0.533. The van der Waals surface area contributed by atoms with E-state index in [4.69, 9.17) is 0 Å². The molecule has 2 nitrogen and oxygen atoms in total. The molecule has 3 heteroatoms. The second-order valence-corrected chi connectivity index (χ2v) is 6.18. The number of carbonyl (C=O) groups is 1. The van der Waals surface area contributed by atoms with E-state index >= 15 is 0 Å². The summed E-state index contributed by atoms with van der Waals surface area (Å²) < 4.78 is 1.01. The number of Topliss-reactive ketones (excluding diaryl/α,β-unsaturated/α-hetero) is 1. The maximum atomic E-state index is 12.4. The number of piperidine rings is 1. The molecule has 0 N–H and O–H groups in total. The van der Waals surface area contributed by atoms with Gasteiger partial charge in [0.2, 0.25) is 0 Å². The van der Waals surface area contributed by atoms with Gasteiger partial charge in [-0.15, -0.1) is 0 Å². The van der Waals surface area contributed by atoms with Crippen LogP contribution in [0.25, 0.3) is 0 Å². The number of hydrogen-bond donors (Lipinski definition) is 0. The van der Waals surface area contributed by atoms with Crippen molar-refractivity contribution in [2.24, 2.45) is 5.92 Å². The molecule has 0 aliphatic carbocycles. The zero-order valence-electron chi connectivity index (χ0n) is 11.0. The van der Waals surface area contributed by atoms with Crippen molar-refractivity contribution in [3.05, 3.63) is 34.3 Å². The van der Waals surface area contributed by atoms with Gasteiger partial charge in [-0.1, -0.05) is 35.0 Å². The topological polar surface area (TPSA) is 20.3 Å². The number of nitrogens with zero attached hydrogens (tertiary/aromatic N) is 1. The molecule has 98 valence electrons. The smallest absolute Gasteiger partial charge is 0.179 e. The van der Waals surface area contributed by atoms with Crippen molar-refractivity contribution < 1.29 is 4.79 Å². The van der Waals surface area contributed by atoms with Crippen LogP contribution in [0.2, 0.25) is 0 Å². The third-order valence-electron chi connectivity index (χ3n) is 3.87. The quantitative estimate of drug-likeness (QED) is 0.793. The molecule has 1 aliphatic heterocycles. The molecule has 1 fully saturated rings. The van der Waals surface area contributed by atoms with Crippen LogP contribution in [0.3, 0.4) is 0 Å².